The Bertz CT molecular complexity index is 741. The molecular weight excluding hydrogens is 346 g/mol. The summed E-state index contributed by atoms with van der Waals surface area (Å²) in [7, 11) is 0. The predicted octanol–water partition coefficient (Wildman–Crippen LogP) is 3.65. The van der Waals surface area contributed by atoms with E-state index in [2.05, 4.69) is 75.8 Å². The van der Waals surface area contributed by atoms with E-state index in [-0.39, 0.29) is 11.9 Å². The van der Waals surface area contributed by atoms with Gasteiger partial charge >= 0.3 is 0 Å². The van der Waals surface area contributed by atoms with Crippen LogP contribution in [0.15, 0.2) is 60.7 Å². The van der Waals surface area contributed by atoms with Gasteiger partial charge in [-0.25, -0.2) is 0 Å². The van der Waals surface area contributed by atoms with E-state index in [4.69, 9.17) is 0 Å². The first-order chi connectivity index (χ1) is 13.8. The molecule has 1 amide bonds. The summed E-state index contributed by atoms with van der Waals surface area (Å²) in [6.07, 6.45) is 4.73. The second kappa shape index (κ2) is 9.24. The van der Waals surface area contributed by atoms with Crippen molar-refractivity contribution >= 4 is 11.6 Å². The molecule has 1 heterocycles. The highest BCUT2D eigenvalue weighted by molar-refractivity contribution is 5.78. The molecule has 4 nitrogen and oxygen atoms in total. The summed E-state index contributed by atoms with van der Waals surface area (Å²) in [5, 5.41) is 3.36. The molecule has 28 heavy (non-hydrogen) atoms. The number of amides is 1. The molecule has 0 spiro atoms. The van der Waals surface area contributed by atoms with Crippen molar-refractivity contribution in [2.75, 3.05) is 37.6 Å². The third-order valence-corrected chi connectivity index (χ3v) is 6.20. The molecule has 2 aliphatic rings. The number of rotatable bonds is 5. The van der Waals surface area contributed by atoms with Crippen molar-refractivity contribution in [1.82, 2.24) is 10.2 Å². The van der Waals surface area contributed by atoms with Crippen LogP contribution in [0.4, 0.5) is 5.69 Å². The lowest BCUT2D eigenvalue weighted by Crippen LogP contribution is -2.51. The lowest BCUT2D eigenvalue weighted by atomic mass is 9.80. The van der Waals surface area contributed by atoms with Gasteiger partial charge in [0.1, 0.15) is 0 Å². The van der Waals surface area contributed by atoms with Gasteiger partial charge < -0.3 is 10.2 Å². The maximum absolute atomic E-state index is 12.7. The van der Waals surface area contributed by atoms with E-state index in [0.717, 1.165) is 32.6 Å². The summed E-state index contributed by atoms with van der Waals surface area (Å²) in [4.78, 5) is 17.4. The van der Waals surface area contributed by atoms with Crippen molar-refractivity contribution < 1.29 is 4.79 Å². The van der Waals surface area contributed by atoms with Crippen LogP contribution >= 0.6 is 0 Å². The average molecular weight is 378 g/mol. The Balaban J connectivity index is 1.28. The van der Waals surface area contributed by atoms with Crippen molar-refractivity contribution in [3.05, 3.63) is 66.2 Å². The Hall–Kier alpha value is -2.33. The van der Waals surface area contributed by atoms with Crippen LogP contribution in [0.25, 0.3) is 0 Å². The summed E-state index contributed by atoms with van der Waals surface area (Å²) in [6, 6.07) is 21.5. The summed E-state index contributed by atoms with van der Waals surface area (Å²) >= 11 is 0. The molecule has 2 aromatic rings. The van der Waals surface area contributed by atoms with E-state index >= 15 is 0 Å². The largest absolute Gasteiger partial charge is 0.369 e. The number of nitrogens with one attached hydrogen (secondary N) is 1. The number of anilines is 1. The molecule has 1 saturated heterocycles. The van der Waals surface area contributed by atoms with Gasteiger partial charge in [0, 0.05) is 43.8 Å². The van der Waals surface area contributed by atoms with Crippen LogP contribution in [0.2, 0.25) is 0 Å². The zero-order valence-corrected chi connectivity index (χ0v) is 16.6. The van der Waals surface area contributed by atoms with Gasteiger partial charge in [0.25, 0.3) is 0 Å². The van der Waals surface area contributed by atoms with Crippen LogP contribution in [0.3, 0.4) is 0 Å². The lowest BCUT2D eigenvalue weighted by molar-refractivity contribution is -0.123. The van der Waals surface area contributed by atoms with Gasteiger partial charge in [0.2, 0.25) is 5.91 Å². The van der Waals surface area contributed by atoms with Crippen LogP contribution in [0.1, 0.15) is 37.2 Å². The molecule has 0 bridgehead atoms. The van der Waals surface area contributed by atoms with Crippen molar-refractivity contribution in [2.24, 2.45) is 0 Å². The van der Waals surface area contributed by atoms with Crippen molar-refractivity contribution in [2.45, 2.75) is 37.6 Å². The number of hydrogen-bond acceptors (Lipinski definition) is 3. The summed E-state index contributed by atoms with van der Waals surface area (Å²) < 4.78 is 0. The van der Waals surface area contributed by atoms with Crippen LogP contribution in [-0.2, 0) is 4.79 Å². The van der Waals surface area contributed by atoms with Crippen molar-refractivity contribution in [3.63, 3.8) is 0 Å². The topological polar surface area (TPSA) is 35.6 Å². The summed E-state index contributed by atoms with van der Waals surface area (Å²) in [6.45, 7) is 4.35. The Labute approximate surface area is 168 Å². The normalized spacial score (nSPS) is 23.4. The smallest absolute Gasteiger partial charge is 0.234 e. The van der Waals surface area contributed by atoms with E-state index in [1.54, 1.807) is 0 Å². The van der Waals surface area contributed by atoms with Crippen molar-refractivity contribution in [1.29, 1.82) is 0 Å². The van der Waals surface area contributed by atoms with E-state index in [0.29, 0.717) is 12.5 Å². The Morgan fingerprint density at radius 3 is 2.21 bits per heavy atom. The zero-order chi connectivity index (χ0) is 19.2. The molecule has 4 heteroatoms. The monoisotopic (exact) mass is 377 g/mol. The Morgan fingerprint density at radius 1 is 0.857 bits per heavy atom. The molecule has 148 valence electrons. The third-order valence-electron chi connectivity index (χ3n) is 6.20. The fraction of sp³-hybridized carbons (Fsp3) is 0.458. The van der Waals surface area contributed by atoms with Gasteiger partial charge in [-0.05, 0) is 30.5 Å². The van der Waals surface area contributed by atoms with E-state index in [1.807, 2.05) is 0 Å². The van der Waals surface area contributed by atoms with Gasteiger partial charge in [-0.2, -0.15) is 0 Å². The minimum absolute atomic E-state index is 0.181. The lowest BCUT2D eigenvalue weighted by Gasteiger charge is -2.37. The SMILES string of the molecule is O=C(CN1CCN(c2ccccc2)CC1)NC1CCCCC1c1ccccc1. The van der Waals surface area contributed by atoms with E-state index < -0.39 is 0 Å². The predicted molar refractivity (Wildman–Crippen MR) is 115 cm³/mol. The minimum atomic E-state index is 0.181. The van der Waals surface area contributed by atoms with Crippen LogP contribution in [0, 0.1) is 0 Å². The van der Waals surface area contributed by atoms with Gasteiger partial charge in [0.15, 0.2) is 0 Å². The fourth-order valence-electron chi connectivity index (χ4n) is 4.66. The molecule has 2 unspecified atom stereocenters. The first kappa shape index (κ1) is 19.0. The van der Waals surface area contributed by atoms with Crippen LogP contribution in [-0.4, -0.2) is 49.6 Å². The number of nitrogens with zero attached hydrogens (tertiary/aromatic N) is 2. The fourth-order valence-corrected chi connectivity index (χ4v) is 4.66. The molecule has 0 aromatic heterocycles. The first-order valence-corrected chi connectivity index (χ1v) is 10.7. The number of hydrogen-bond donors (Lipinski definition) is 1. The number of para-hydroxylation sites is 1. The highest BCUT2D eigenvalue weighted by Gasteiger charge is 2.28. The molecule has 1 aliphatic carbocycles. The number of benzene rings is 2. The molecule has 2 atom stereocenters. The van der Waals surface area contributed by atoms with E-state index in [1.165, 1.54) is 30.5 Å². The van der Waals surface area contributed by atoms with Gasteiger partial charge in [-0.15, -0.1) is 0 Å². The number of carbonyl (C=O) groups is 1. The minimum Gasteiger partial charge on any atom is -0.369 e. The molecule has 0 radical (unpaired) electrons. The second-order valence-corrected chi connectivity index (χ2v) is 8.07. The molecule has 1 aliphatic heterocycles. The quantitative estimate of drug-likeness (QED) is 0.864. The number of piperazine rings is 1. The Morgan fingerprint density at radius 2 is 1.50 bits per heavy atom. The molecule has 1 N–H and O–H groups in total. The average Bonchev–Trinajstić information content (AvgIpc) is 2.76. The van der Waals surface area contributed by atoms with Crippen LogP contribution < -0.4 is 10.2 Å². The molecule has 1 saturated carbocycles. The van der Waals surface area contributed by atoms with Gasteiger partial charge in [-0.1, -0.05) is 61.4 Å². The van der Waals surface area contributed by atoms with Crippen LogP contribution in [0.5, 0.6) is 0 Å². The van der Waals surface area contributed by atoms with E-state index in [9.17, 15) is 4.79 Å². The maximum atomic E-state index is 12.7. The number of carbonyl (C=O) groups excluding carboxylic acids is 1. The van der Waals surface area contributed by atoms with Gasteiger partial charge in [-0.3, -0.25) is 9.69 Å². The third kappa shape index (κ3) is 4.74. The molecule has 4 rings (SSSR count). The maximum Gasteiger partial charge on any atom is 0.234 e. The summed E-state index contributed by atoms with van der Waals surface area (Å²) in [5.74, 6) is 0.634. The highest BCUT2D eigenvalue weighted by Crippen LogP contribution is 2.33. The van der Waals surface area contributed by atoms with Gasteiger partial charge in [0.05, 0.1) is 6.54 Å². The molecular formula is C24H31N3O. The standard InChI is InChI=1S/C24H31N3O/c28-24(19-26-15-17-27(18-16-26)21-11-5-2-6-12-21)25-23-14-8-7-13-22(23)20-9-3-1-4-10-20/h1-6,9-12,22-23H,7-8,13-19H2,(H,25,28). The second-order valence-electron chi connectivity index (χ2n) is 8.07. The first-order valence-electron chi connectivity index (χ1n) is 10.7. The molecule has 2 fully saturated rings. The zero-order valence-electron chi connectivity index (χ0n) is 16.6. The summed E-state index contributed by atoms with van der Waals surface area (Å²) in [5.41, 5.74) is 2.64. The Kier molecular flexibility index (Phi) is 6.27. The van der Waals surface area contributed by atoms with Crippen molar-refractivity contribution in [3.8, 4) is 0 Å². The molecule has 2 aromatic carbocycles. The highest BCUT2D eigenvalue weighted by atomic mass is 16.2.